The smallest absolute Gasteiger partial charge is 0.123 e. The second-order valence-electron chi connectivity index (χ2n) is 5.50. The van der Waals surface area contributed by atoms with Gasteiger partial charge >= 0.3 is 0 Å². The van der Waals surface area contributed by atoms with E-state index in [1.807, 2.05) is 12.1 Å². The van der Waals surface area contributed by atoms with E-state index in [2.05, 4.69) is 31.3 Å². The number of unbranched alkanes of at least 4 members (excludes halogenated alkanes) is 1. The molecule has 1 atom stereocenters. The lowest BCUT2D eigenvalue weighted by atomic mass is 10.1. The molecular formula is C19H24FNO. The van der Waals surface area contributed by atoms with Crippen molar-refractivity contribution in [3.05, 3.63) is 65.5 Å². The van der Waals surface area contributed by atoms with Gasteiger partial charge in [0.1, 0.15) is 11.6 Å². The first-order valence-corrected chi connectivity index (χ1v) is 7.89. The number of hydrogen-bond acceptors (Lipinski definition) is 2. The molecule has 0 aromatic heterocycles. The van der Waals surface area contributed by atoms with Gasteiger partial charge in [0.2, 0.25) is 0 Å². The summed E-state index contributed by atoms with van der Waals surface area (Å²) in [7, 11) is 0. The predicted molar refractivity (Wildman–Crippen MR) is 88.5 cm³/mol. The van der Waals surface area contributed by atoms with Gasteiger partial charge in [-0.05, 0) is 48.7 Å². The van der Waals surface area contributed by atoms with Crippen LogP contribution in [-0.4, -0.2) is 6.61 Å². The third-order valence-electron chi connectivity index (χ3n) is 3.67. The van der Waals surface area contributed by atoms with Crippen LogP contribution >= 0.6 is 0 Å². The molecular weight excluding hydrogens is 277 g/mol. The summed E-state index contributed by atoms with van der Waals surface area (Å²) in [6, 6.07) is 15.0. The molecule has 0 heterocycles. The number of halogens is 1. The first-order valence-electron chi connectivity index (χ1n) is 7.89. The Labute approximate surface area is 132 Å². The van der Waals surface area contributed by atoms with Gasteiger partial charge in [-0.3, -0.25) is 0 Å². The second kappa shape index (κ2) is 8.54. The Morgan fingerprint density at radius 2 is 1.73 bits per heavy atom. The van der Waals surface area contributed by atoms with Crippen molar-refractivity contribution in [1.29, 1.82) is 0 Å². The highest BCUT2D eigenvalue weighted by molar-refractivity contribution is 5.29. The maximum Gasteiger partial charge on any atom is 0.123 e. The van der Waals surface area contributed by atoms with Crippen molar-refractivity contribution in [3.63, 3.8) is 0 Å². The molecule has 118 valence electrons. The summed E-state index contributed by atoms with van der Waals surface area (Å²) in [6.07, 6.45) is 2.22. The molecule has 2 nitrogen and oxygen atoms in total. The summed E-state index contributed by atoms with van der Waals surface area (Å²) in [4.78, 5) is 0. The molecule has 2 rings (SSSR count). The fourth-order valence-corrected chi connectivity index (χ4v) is 2.18. The molecule has 0 amide bonds. The zero-order valence-electron chi connectivity index (χ0n) is 13.3. The number of benzene rings is 2. The van der Waals surface area contributed by atoms with Gasteiger partial charge in [-0.15, -0.1) is 0 Å². The van der Waals surface area contributed by atoms with Crippen molar-refractivity contribution in [2.75, 3.05) is 6.61 Å². The Balaban J connectivity index is 1.84. The quantitative estimate of drug-likeness (QED) is 0.703. The summed E-state index contributed by atoms with van der Waals surface area (Å²) in [6.45, 7) is 5.77. The van der Waals surface area contributed by atoms with Gasteiger partial charge in [-0.25, -0.2) is 4.39 Å². The van der Waals surface area contributed by atoms with E-state index in [9.17, 15) is 4.39 Å². The molecule has 0 saturated heterocycles. The van der Waals surface area contributed by atoms with Gasteiger partial charge in [0.05, 0.1) is 6.61 Å². The van der Waals surface area contributed by atoms with Crippen molar-refractivity contribution in [2.45, 2.75) is 39.3 Å². The molecule has 3 heteroatoms. The van der Waals surface area contributed by atoms with Gasteiger partial charge < -0.3 is 10.1 Å². The third-order valence-corrected chi connectivity index (χ3v) is 3.67. The van der Waals surface area contributed by atoms with Gasteiger partial charge in [0.15, 0.2) is 0 Å². The minimum atomic E-state index is -0.199. The topological polar surface area (TPSA) is 21.3 Å². The first-order chi connectivity index (χ1) is 10.7. The third kappa shape index (κ3) is 5.15. The van der Waals surface area contributed by atoms with Crippen LogP contribution in [0.4, 0.5) is 4.39 Å². The molecule has 0 fully saturated rings. The zero-order chi connectivity index (χ0) is 15.8. The Morgan fingerprint density at radius 3 is 2.36 bits per heavy atom. The monoisotopic (exact) mass is 301 g/mol. The van der Waals surface area contributed by atoms with E-state index in [4.69, 9.17) is 4.74 Å². The summed E-state index contributed by atoms with van der Waals surface area (Å²) in [5, 5.41) is 3.44. The second-order valence-corrected chi connectivity index (χ2v) is 5.50. The van der Waals surface area contributed by atoms with Crippen molar-refractivity contribution in [1.82, 2.24) is 5.32 Å². The van der Waals surface area contributed by atoms with E-state index in [0.717, 1.165) is 37.3 Å². The molecule has 0 aliphatic rings. The molecule has 0 aliphatic heterocycles. The molecule has 0 aliphatic carbocycles. The van der Waals surface area contributed by atoms with Crippen LogP contribution in [0.15, 0.2) is 48.5 Å². The first kappa shape index (κ1) is 16.5. The number of nitrogens with one attached hydrogen (secondary N) is 1. The average molecular weight is 301 g/mol. The number of hydrogen-bond donors (Lipinski definition) is 1. The lowest BCUT2D eigenvalue weighted by molar-refractivity contribution is 0.309. The van der Waals surface area contributed by atoms with E-state index < -0.39 is 0 Å². The summed E-state index contributed by atoms with van der Waals surface area (Å²) in [5.74, 6) is 0.721. The Bertz CT molecular complexity index is 551. The minimum absolute atomic E-state index is 0.199. The highest BCUT2D eigenvalue weighted by Crippen LogP contribution is 2.18. The highest BCUT2D eigenvalue weighted by atomic mass is 19.1. The molecule has 1 N–H and O–H groups in total. The minimum Gasteiger partial charge on any atom is -0.494 e. The van der Waals surface area contributed by atoms with Gasteiger partial charge in [-0.2, -0.15) is 0 Å². The fraction of sp³-hybridized carbons (Fsp3) is 0.368. The zero-order valence-corrected chi connectivity index (χ0v) is 13.3. The number of rotatable bonds is 8. The Morgan fingerprint density at radius 1 is 1.05 bits per heavy atom. The van der Waals surface area contributed by atoms with Crippen LogP contribution in [0.1, 0.15) is 43.9 Å². The molecule has 0 spiro atoms. The Hall–Kier alpha value is -1.87. The molecule has 0 bridgehead atoms. The Kier molecular flexibility index (Phi) is 6.41. The molecule has 0 saturated carbocycles. The van der Waals surface area contributed by atoms with Crippen LogP contribution in [0.5, 0.6) is 5.75 Å². The van der Waals surface area contributed by atoms with Crippen LogP contribution in [0.2, 0.25) is 0 Å². The van der Waals surface area contributed by atoms with Crippen molar-refractivity contribution >= 4 is 0 Å². The maximum absolute atomic E-state index is 12.9. The van der Waals surface area contributed by atoms with Crippen LogP contribution in [0.3, 0.4) is 0 Å². The average Bonchev–Trinajstić information content (AvgIpc) is 2.55. The summed E-state index contributed by atoms with van der Waals surface area (Å²) < 4.78 is 18.5. The van der Waals surface area contributed by atoms with E-state index in [0.29, 0.717) is 0 Å². The molecule has 2 aromatic rings. The maximum atomic E-state index is 12.9. The van der Waals surface area contributed by atoms with Crippen molar-refractivity contribution < 1.29 is 9.13 Å². The van der Waals surface area contributed by atoms with Crippen LogP contribution < -0.4 is 10.1 Å². The summed E-state index contributed by atoms with van der Waals surface area (Å²) >= 11 is 0. The standard InChI is InChI=1S/C19H24FNO/c1-3-4-13-22-19-11-7-17(8-12-19)15(2)21-14-16-5-9-18(20)10-6-16/h5-12,15,21H,3-4,13-14H2,1-2H3. The van der Waals surface area contributed by atoms with Gasteiger partial charge in [0.25, 0.3) is 0 Å². The van der Waals surface area contributed by atoms with Gasteiger partial charge in [-0.1, -0.05) is 37.6 Å². The van der Waals surface area contributed by atoms with Crippen LogP contribution in [-0.2, 0) is 6.54 Å². The molecule has 2 aromatic carbocycles. The highest BCUT2D eigenvalue weighted by Gasteiger charge is 2.05. The lowest BCUT2D eigenvalue weighted by Gasteiger charge is -2.15. The molecule has 1 unspecified atom stereocenters. The van der Waals surface area contributed by atoms with E-state index in [1.165, 1.54) is 17.7 Å². The predicted octanol–water partition coefficient (Wildman–Crippen LogP) is 4.86. The SMILES string of the molecule is CCCCOc1ccc(C(C)NCc2ccc(F)cc2)cc1. The van der Waals surface area contributed by atoms with Crippen molar-refractivity contribution in [2.24, 2.45) is 0 Å². The molecule has 0 radical (unpaired) electrons. The largest absolute Gasteiger partial charge is 0.494 e. The summed E-state index contributed by atoms with van der Waals surface area (Å²) in [5.41, 5.74) is 2.29. The number of ether oxygens (including phenoxy) is 1. The van der Waals surface area contributed by atoms with Crippen LogP contribution in [0.25, 0.3) is 0 Å². The molecule has 22 heavy (non-hydrogen) atoms. The fourth-order valence-electron chi connectivity index (χ4n) is 2.18. The van der Waals surface area contributed by atoms with Crippen molar-refractivity contribution in [3.8, 4) is 5.75 Å². The van der Waals surface area contributed by atoms with Crippen LogP contribution in [0, 0.1) is 5.82 Å². The van der Waals surface area contributed by atoms with E-state index in [1.54, 1.807) is 12.1 Å². The van der Waals surface area contributed by atoms with E-state index >= 15 is 0 Å². The van der Waals surface area contributed by atoms with E-state index in [-0.39, 0.29) is 11.9 Å². The van der Waals surface area contributed by atoms with Gasteiger partial charge in [0, 0.05) is 12.6 Å². The lowest BCUT2D eigenvalue weighted by Crippen LogP contribution is -2.18. The normalized spacial score (nSPS) is 12.1.